The fourth-order valence-electron chi connectivity index (χ4n) is 1.73. The molecule has 0 aliphatic rings. The molecule has 2 N–H and O–H groups in total. The first-order valence-electron chi connectivity index (χ1n) is 5.43. The zero-order valence-electron chi connectivity index (χ0n) is 9.39. The Morgan fingerprint density at radius 1 is 1.19 bits per heavy atom. The Kier molecular flexibility index (Phi) is 3.47. The number of thiophene rings is 1. The maximum Gasteiger partial charge on any atom is 0.0603 e. The molecule has 0 radical (unpaired) electrons. The van der Waals surface area contributed by atoms with E-state index < -0.39 is 0 Å². The Labute approximate surface area is 100 Å². The summed E-state index contributed by atoms with van der Waals surface area (Å²) >= 11 is 1.78. The first kappa shape index (κ1) is 11.0. The molecule has 16 heavy (non-hydrogen) atoms. The van der Waals surface area contributed by atoms with E-state index in [4.69, 9.17) is 5.73 Å². The van der Waals surface area contributed by atoms with Gasteiger partial charge in [0.25, 0.3) is 0 Å². The van der Waals surface area contributed by atoms with Crippen molar-refractivity contribution in [3.05, 3.63) is 46.7 Å². The van der Waals surface area contributed by atoms with Crippen molar-refractivity contribution in [2.24, 2.45) is 0 Å². The van der Waals surface area contributed by atoms with Crippen molar-refractivity contribution in [3.8, 4) is 0 Å². The first-order chi connectivity index (χ1) is 7.81. The summed E-state index contributed by atoms with van der Waals surface area (Å²) in [7, 11) is 0. The minimum absolute atomic E-state index is 0.848. The number of nitrogens with two attached hydrogens (primary N) is 1. The number of hydrogen-bond donors (Lipinski definition) is 1. The molecule has 1 aromatic carbocycles. The predicted molar refractivity (Wildman–Crippen MR) is 71.9 cm³/mol. The third kappa shape index (κ3) is 2.36. The molecule has 3 heteroatoms. The van der Waals surface area contributed by atoms with Crippen molar-refractivity contribution in [2.45, 2.75) is 13.5 Å². The van der Waals surface area contributed by atoms with Crippen molar-refractivity contribution in [1.29, 1.82) is 0 Å². The molecule has 1 heterocycles. The van der Waals surface area contributed by atoms with Crippen LogP contribution in [-0.2, 0) is 6.54 Å². The van der Waals surface area contributed by atoms with E-state index in [9.17, 15) is 0 Å². The van der Waals surface area contributed by atoms with Gasteiger partial charge in [-0.3, -0.25) is 0 Å². The van der Waals surface area contributed by atoms with Crippen molar-refractivity contribution >= 4 is 22.7 Å². The van der Waals surface area contributed by atoms with Crippen LogP contribution in [0.3, 0.4) is 0 Å². The molecule has 0 saturated carbocycles. The highest BCUT2D eigenvalue weighted by molar-refractivity contribution is 7.09. The smallest absolute Gasteiger partial charge is 0.0603 e. The zero-order chi connectivity index (χ0) is 11.4. The van der Waals surface area contributed by atoms with Crippen LogP contribution in [0.2, 0.25) is 0 Å². The van der Waals surface area contributed by atoms with Crippen LogP contribution >= 0.6 is 11.3 Å². The van der Waals surface area contributed by atoms with Crippen molar-refractivity contribution in [3.63, 3.8) is 0 Å². The number of anilines is 2. The molecule has 84 valence electrons. The van der Waals surface area contributed by atoms with Crippen LogP contribution in [0.5, 0.6) is 0 Å². The van der Waals surface area contributed by atoms with Gasteiger partial charge in [-0.05, 0) is 30.5 Å². The van der Waals surface area contributed by atoms with Gasteiger partial charge in [-0.2, -0.15) is 0 Å². The lowest BCUT2D eigenvalue weighted by molar-refractivity contribution is 0.844. The first-order valence-corrected chi connectivity index (χ1v) is 6.31. The van der Waals surface area contributed by atoms with Gasteiger partial charge in [0.2, 0.25) is 0 Å². The van der Waals surface area contributed by atoms with E-state index in [1.165, 1.54) is 4.88 Å². The monoisotopic (exact) mass is 232 g/mol. The summed E-state index contributed by atoms with van der Waals surface area (Å²) in [4.78, 5) is 3.66. The second-order valence-corrected chi connectivity index (χ2v) is 4.68. The molecule has 2 aromatic rings. The summed E-state index contributed by atoms with van der Waals surface area (Å²) in [6.07, 6.45) is 0. The van der Waals surface area contributed by atoms with Crippen LogP contribution in [0.1, 0.15) is 11.8 Å². The third-order valence-corrected chi connectivity index (χ3v) is 3.45. The maximum atomic E-state index is 5.99. The average Bonchev–Trinajstić information content (AvgIpc) is 2.80. The van der Waals surface area contributed by atoms with Crippen LogP contribution in [0.15, 0.2) is 41.8 Å². The van der Waals surface area contributed by atoms with Crippen molar-refractivity contribution in [1.82, 2.24) is 0 Å². The normalized spacial score (nSPS) is 10.3. The molecular weight excluding hydrogens is 216 g/mol. The number of benzene rings is 1. The Balaban J connectivity index is 2.20. The number of hydrogen-bond acceptors (Lipinski definition) is 3. The van der Waals surface area contributed by atoms with E-state index in [2.05, 4.69) is 35.4 Å². The number of nitrogens with zero attached hydrogens (tertiary/aromatic N) is 1. The molecule has 0 amide bonds. The van der Waals surface area contributed by atoms with Gasteiger partial charge in [-0.15, -0.1) is 11.3 Å². The summed E-state index contributed by atoms with van der Waals surface area (Å²) in [5.41, 5.74) is 7.96. The summed E-state index contributed by atoms with van der Waals surface area (Å²) in [5, 5.41) is 2.11. The van der Waals surface area contributed by atoms with E-state index >= 15 is 0 Å². The summed E-state index contributed by atoms with van der Waals surface area (Å²) < 4.78 is 0. The lowest BCUT2D eigenvalue weighted by atomic mass is 10.2. The predicted octanol–water partition coefficient (Wildman–Crippen LogP) is 3.36. The molecule has 2 nitrogen and oxygen atoms in total. The Morgan fingerprint density at radius 3 is 2.62 bits per heavy atom. The lowest BCUT2D eigenvalue weighted by Gasteiger charge is -2.23. The van der Waals surface area contributed by atoms with Gasteiger partial charge in [0.05, 0.1) is 17.9 Å². The SMILES string of the molecule is CCN(Cc1cccs1)c1ccccc1N. The standard InChI is InChI=1S/C13H16N2S/c1-2-15(10-11-6-5-9-16-11)13-8-4-3-7-12(13)14/h3-9H,2,10,14H2,1H3. The van der Waals surface area contributed by atoms with Gasteiger partial charge in [0.1, 0.15) is 0 Å². The van der Waals surface area contributed by atoms with E-state index in [1.807, 2.05) is 18.2 Å². The second kappa shape index (κ2) is 5.03. The topological polar surface area (TPSA) is 29.3 Å². The van der Waals surface area contributed by atoms with E-state index in [-0.39, 0.29) is 0 Å². The zero-order valence-corrected chi connectivity index (χ0v) is 10.2. The minimum atomic E-state index is 0.848. The van der Waals surface area contributed by atoms with Gasteiger partial charge >= 0.3 is 0 Å². The van der Waals surface area contributed by atoms with Crippen LogP contribution in [0.4, 0.5) is 11.4 Å². The molecule has 0 atom stereocenters. The van der Waals surface area contributed by atoms with Gasteiger partial charge in [-0.1, -0.05) is 18.2 Å². The fourth-order valence-corrected chi connectivity index (χ4v) is 2.45. The van der Waals surface area contributed by atoms with Gasteiger partial charge in [-0.25, -0.2) is 0 Å². The quantitative estimate of drug-likeness (QED) is 0.819. The van der Waals surface area contributed by atoms with Crippen LogP contribution in [-0.4, -0.2) is 6.54 Å². The van der Waals surface area contributed by atoms with Crippen LogP contribution in [0.25, 0.3) is 0 Å². The highest BCUT2D eigenvalue weighted by Crippen LogP contribution is 2.24. The highest BCUT2D eigenvalue weighted by atomic mass is 32.1. The van der Waals surface area contributed by atoms with Crippen molar-refractivity contribution < 1.29 is 0 Å². The molecule has 2 rings (SSSR count). The molecular formula is C13H16N2S. The molecule has 0 spiro atoms. The van der Waals surface area contributed by atoms with Crippen LogP contribution < -0.4 is 10.6 Å². The maximum absolute atomic E-state index is 5.99. The largest absolute Gasteiger partial charge is 0.397 e. The minimum Gasteiger partial charge on any atom is -0.397 e. The van der Waals surface area contributed by atoms with E-state index in [0.717, 1.165) is 24.5 Å². The van der Waals surface area contributed by atoms with Gasteiger partial charge in [0.15, 0.2) is 0 Å². The number of nitrogen functional groups attached to an aromatic ring is 1. The van der Waals surface area contributed by atoms with Crippen molar-refractivity contribution in [2.75, 3.05) is 17.2 Å². The average molecular weight is 232 g/mol. The van der Waals surface area contributed by atoms with Gasteiger partial charge < -0.3 is 10.6 Å². The molecule has 0 aliphatic heterocycles. The number of para-hydroxylation sites is 2. The Hall–Kier alpha value is -1.48. The van der Waals surface area contributed by atoms with Gasteiger partial charge in [0, 0.05) is 11.4 Å². The summed E-state index contributed by atoms with van der Waals surface area (Å²) in [6.45, 7) is 4.05. The Morgan fingerprint density at radius 2 is 2.00 bits per heavy atom. The second-order valence-electron chi connectivity index (χ2n) is 3.65. The van der Waals surface area contributed by atoms with E-state index in [0.29, 0.717) is 0 Å². The third-order valence-electron chi connectivity index (χ3n) is 2.59. The summed E-state index contributed by atoms with van der Waals surface area (Å²) in [6, 6.07) is 12.3. The fraction of sp³-hybridized carbons (Fsp3) is 0.231. The molecule has 0 aliphatic carbocycles. The lowest BCUT2D eigenvalue weighted by Crippen LogP contribution is -2.22. The Bertz CT molecular complexity index is 437. The molecule has 0 saturated heterocycles. The highest BCUT2D eigenvalue weighted by Gasteiger charge is 2.08. The molecule has 0 unspecified atom stereocenters. The molecule has 0 fully saturated rings. The molecule has 0 bridgehead atoms. The summed E-state index contributed by atoms with van der Waals surface area (Å²) in [5.74, 6) is 0. The number of rotatable bonds is 4. The van der Waals surface area contributed by atoms with E-state index in [1.54, 1.807) is 11.3 Å². The van der Waals surface area contributed by atoms with Crippen LogP contribution in [0, 0.1) is 0 Å². The molecule has 1 aromatic heterocycles.